The van der Waals surface area contributed by atoms with Gasteiger partial charge in [0.2, 0.25) is 0 Å². The van der Waals surface area contributed by atoms with Crippen LogP contribution in [0.5, 0.6) is 0 Å². The Morgan fingerprint density at radius 3 is 2.67 bits per heavy atom. The first-order valence-corrected chi connectivity index (χ1v) is 13.0. The quantitative estimate of drug-likeness (QED) is 0.156. The number of epoxide rings is 1. The number of nitrogens with one attached hydrogen (secondary N) is 1. The minimum absolute atomic E-state index is 0.0478. The predicted molar refractivity (Wildman–Crippen MR) is 121 cm³/mol. The van der Waals surface area contributed by atoms with Crippen molar-refractivity contribution < 1.29 is 28.3 Å². The zero-order valence-corrected chi connectivity index (χ0v) is 20.5. The molecule has 1 saturated heterocycles. The Hall–Kier alpha value is -0.450. The van der Waals surface area contributed by atoms with Crippen LogP contribution in [0, 0.1) is 11.8 Å². The van der Waals surface area contributed by atoms with Gasteiger partial charge in [0.25, 0.3) is 0 Å². The van der Waals surface area contributed by atoms with Crippen LogP contribution in [-0.4, -0.2) is 67.7 Å². The molecular weight excluding hydrogens is 426 g/mol. The van der Waals surface area contributed by atoms with Gasteiger partial charge in [-0.05, 0) is 52.2 Å². The van der Waals surface area contributed by atoms with Gasteiger partial charge in [0, 0.05) is 13.0 Å². The molecule has 1 aliphatic heterocycles. The highest BCUT2D eigenvalue weighted by molar-refractivity contribution is 8.74. The highest BCUT2D eigenvalue weighted by atomic mass is 33.1. The zero-order valence-electron chi connectivity index (χ0n) is 18.9. The molecule has 2 fully saturated rings. The maximum absolute atomic E-state index is 12.4. The normalized spacial score (nSPS) is 31.0. The minimum Gasteiger partial charge on any atom is -0.443 e. The SMILES string of the molecule is COC1C(OC(=O)NC(C)COSSC)CCC2(CO2)C1C(C)C(O)CC=C(C)C. The second kappa shape index (κ2) is 12.0. The highest BCUT2D eigenvalue weighted by Gasteiger charge is 2.61. The second-order valence-electron chi connectivity index (χ2n) is 8.57. The Kier molecular flexibility index (Phi) is 10.3. The first kappa shape index (κ1) is 25.8. The highest BCUT2D eigenvalue weighted by Crippen LogP contribution is 2.51. The summed E-state index contributed by atoms with van der Waals surface area (Å²) in [6, 6.07) is -0.166. The number of hydrogen-bond donors (Lipinski definition) is 2. The molecule has 9 heteroatoms. The van der Waals surface area contributed by atoms with Crippen LogP contribution < -0.4 is 5.32 Å². The van der Waals surface area contributed by atoms with Crippen molar-refractivity contribution in [2.75, 3.05) is 26.6 Å². The molecule has 1 heterocycles. The average Bonchev–Trinajstić information content (AvgIpc) is 3.46. The number of aliphatic hydroxyl groups excluding tert-OH is 1. The average molecular weight is 464 g/mol. The first-order chi connectivity index (χ1) is 14.2. The van der Waals surface area contributed by atoms with Crippen LogP contribution in [0.4, 0.5) is 4.79 Å². The molecule has 1 spiro atoms. The van der Waals surface area contributed by atoms with Crippen molar-refractivity contribution >= 4 is 28.0 Å². The van der Waals surface area contributed by atoms with Crippen LogP contribution in [0.2, 0.25) is 0 Å². The van der Waals surface area contributed by atoms with E-state index in [1.807, 2.05) is 40.0 Å². The standard InChI is InChI=1S/C21H37NO6S2/c1-13(2)7-8-16(23)15(4)18-19(25-5)17(9-10-21(18)12-26-21)28-20(24)22-14(3)11-27-30-29-6/h7,14-19,23H,8-12H2,1-6H3,(H,22,24). The van der Waals surface area contributed by atoms with Gasteiger partial charge < -0.3 is 28.8 Å². The number of carbonyl (C=O) groups excluding carboxylic acids is 1. The fourth-order valence-electron chi connectivity index (χ4n) is 4.28. The van der Waals surface area contributed by atoms with E-state index in [1.54, 1.807) is 7.11 Å². The molecule has 7 atom stereocenters. The van der Waals surface area contributed by atoms with Gasteiger partial charge >= 0.3 is 6.09 Å². The Labute approximate surface area is 188 Å². The summed E-state index contributed by atoms with van der Waals surface area (Å²) < 4.78 is 22.8. The van der Waals surface area contributed by atoms with Gasteiger partial charge in [-0.3, -0.25) is 0 Å². The van der Waals surface area contributed by atoms with Gasteiger partial charge in [-0.2, -0.15) is 0 Å². The van der Waals surface area contributed by atoms with E-state index in [0.717, 1.165) is 6.42 Å². The molecular formula is C21H37NO6S2. The number of alkyl carbamates (subject to hydrolysis) is 1. The third kappa shape index (κ3) is 7.03. The summed E-state index contributed by atoms with van der Waals surface area (Å²) in [4.78, 5) is 12.4. The number of methoxy groups -OCH3 is 1. The van der Waals surface area contributed by atoms with Crippen molar-refractivity contribution in [1.82, 2.24) is 5.32 Å². The van der Waals surface area contributed by atoms with Crippen molar-refractivity contribution in [3.05, 3.63) is 11.6 Å². The van der Waals surface area contributed by atoms with Gasteiger partial charge in [-0.1, -0.05) is 29.4 Å². The number of carbonyl (C=O) groups is 1. The second-order valence-corrected chi connectivity index (χ2v) is 10.7. The van der Waals surface area contributed by atoms with Crippen molar-refractivity contribution in [1.29, 1.82) is 0 Å². The molecule has 0 aromatic rings. The van der Waals surface area contributed by atoms with Crippen molar-refractivity contribution in [3.8, 4) is 0 Å². The third-order valence-corrected chi connectivity index (χ3v) is 7.03. The smallest absolute Gasteiger partial charge is 0.407 e. The van der Waals surface area contributed by atoms with Gasteiger partial charge in [-0.15, -0.1) is 0 Å². The van der Waals surface area contributed by atoms with E-state index in [0.29, 0.717) is 26.1 Å². The summed E-state index contributed by atoms with van der Waals surface area (Å²) in [5, 5.41) is 13.6. The minimum atomic E-state index is -0.512. The van der Waals surface area contributed by atoms with E-state index in [4.69, 9.17) is 18.4 Å². The summed E-state index contributed by atoms with van der Waals surface area (Å²) >= 11 is 1.28. The molecule has 30 heavy (non-hydrogen) atoms. The molecule has 2 N–H and O–H groups in total. The molecule has 7 unspecified atom stereocenters. The largest absolute Gasteiger partial charge is 0.443 e. The van der Waals surface area contributed by atoms with E-state index < -0.39 is 12.2 Å². The maximum atomic E-state index is 12.4. The van der Waals surface area contributed by atoms with E-state index in [1.165, 1.54) is 27.4 Å². The van der Waals surface area contributed by atoms with E-state index in [9.17, 15) is 9.90 Å². The molecule has 0 radical (unpaired) electrons. The molecule has 1 aliphatic carbocycles. The van der Waals surface area contributed by atoms with E-state index in [-0.39, 0.29) is 35.7 Å². The number of amides is 1. The number of hydrogen-bond acceptors (Lipinski definition) is 8. The third-order valence-electron chi connectivity index (χ3n) is 5.97. The predicted octanol–water partition coefficient (Wildman–Crippen LogP) is 3.96. The molecule has 7 nitrogen and oxygen atoms in total. The fourth-order valence-corrected chi connectivity index (χ4v) is 5.09. The Balaban J connectivity index is 2.01. The van der Waals surface area contributed by atoms with Crippen LogP contribution in [-0.2, 0) is 18.4 Å². The van der Waals surface area contributed by atoms with Crippen LogP contribution in [0.25, 0.3) is 0 Å². The molecule has 1 amide bonds. The molecule has 174 valence electrons. The lowest BCUT2D eigenvalue weighted by Gasteiger charge is -2.44. The molecule has 0 aromatic heterocycles. The van der Waals surface area contributed by atoms with Gasteiger partial charge in [0.1, 0.15) is 12.2 Å². The number of ether oxygens (including phenoxy) is 3. The lowest BCUT2D eigenvalue weighted by atomic mass is 9.68. The summed E-state index contributed by atoms with van der Waals surface area (Å²) in [7, 11) is 3.15. The Bertz CT molecular complexity index is 582. The summed E-state index contributed by atoms with van der Waals surface area (Å²) in [5.74, 6) is -0.105. The number of aliphatic hydroxyl groups is 1. The number of rotatable bonds is 11. The Morgan fingerprint density at radius 2 is 2.10 bits per heavy atom. The summed E-state index contributed by atoms with van der Waals surface area (Å²) in [6.45, 7) is 9.01. The van der Waals surface area contributed by atoms with Crippen LogP contribution in [0.15, 0.2) is 11.6 Å². The van der Waals surface area contributed by atoms with E-state index >= 15 is 0 Å². The lowest BCUT2D eigenvalue weighted by Crippen LogP contribution is -2.55. The van der Waals surface area contributed by atoms with Gasteiger partial charge in [0.05, 0.1) is 42.0 Å². The first-order valence-electron chi connectivity index (χ1n) is 10.5. The van der Waals surface area contributed by atoms with Crippen LogP contribution in [0.3, 0.4) is 0 Å². The fraction of sp³-hybridized carbons (Fsp3) is 0.857. The van der Waals surface area contributed by atoms with Crippen molar-refractivity contribution in [2.45, 2.75) is 76.9 Å². The molecule has 0 bridgehead atoms. The van der Waals surface area contributed by atoms with Crippen molar-refractivity contribution in [2.24, 2.45) is 11.8 Å². The molecule has 2 rings (SSSR count). The Morgan fingerprint density at radius 1 is 1.40 bits per heavy atom. The molecule has 1 saturated carbocycles. The number of allylic oxidation sites excluding steroid dienone is 1. The zero-order chi connectivity index (χ0) is 22.3. The van der Waals surface area contributed by atoms with Crippen molar-refractivity contribution in [3.63, 3.8) is 0 Å². The van der Waals surface area contributed by atoms with E-state index in [2.05, 4.69) is 5.32 Å². The van der Waals surface area contributed by atoms with Crippen LogP contribution >= 0.6 is 21.9 Å². The summed E-state index contributed by atoms with van der Waals surface area (Å²) in [6.07, 6.45) is 4.32. The molecule has 2 aliphatic rings. The summed E-state index contributed by atoms with van der Waals surface area (Å²) in [5.41, 5.74) is 0.899. The maximum Gasteiger partial charge on any atom is 0.407 e. The van der Waals surface area contributed by atoms with Gasteiger partial charge in [0.15, 0.2) is 0 Å². The van der Waals surface area contributed by atoms with Gasteiger partial charge in [-0.25, -0.2) is 4.79 Å². The lowest BCUT2D eigenvalue weighted by molar-refractivity contribution is -0.126. The molecule has 0 aromatic carbocycles. The monoisotopic (exact) mass is 463 g/mol. The topological polar surface area (TPSA) is 89.6 Å². The van der Waals surface area contributed by atoms with Crippen LogP contribution in [0.1, 0.15) is 47.0 Å².